The highest BCUT2D eigenvalue weighted by Crippen LogP contribution is 2.36. The fraction of sp³-hybridized carbons (Fsp3) is 0. The standard InChI is InChI=1S/C21H13BrN2O/c22-14-10-11-15-18(12-14)24-17-9-5-4-8-16(17)21(25)23-20(24)19(15)13-6-2-1-3-7-13/h1-12H,(H,23,25). The maximum absolute atomic E-state index is 12.6. The van der Waals surface area contributed by atoms with Gasteiger partial charge in [0.05, 0.1) is 16.4 Å². The van der Waals surface area contributed by atoms with Crippen LogP contribution in [0.5, 0.6) is 0 Å². The van der Waals surface area contributed by atoms with E-state index in [0.717, 1.165) is 37.7 Å². The smallest absolute Gasteiger partial charge is 0.258 e. The molecule has 5 rings (SSSR count). The summed E-state index contributed by atoms with van der Waals surface area (Å²) in [6.07, 6.45) is 0. The minimum absolute atomic E-state index is 0.0675. The molecule has 3 nitrogen and oxygen atoms in total. The van der Waals surface area contributed by atoms with E-state index in [1.165, 1.54) is 0 Å². The van der Waals surface area contributed by atoms with Crippen LogP contribution in [0.15, 0.2) is 82.1 Å². The van der Waals surface area contributed by atoms with E-state index in [1.54, 1.807) is 0 Å². The highest BCUT2D eigenvalue weighted by molar-refractivity contribution is 9.10. The normalized spacial score (nSPS) is 11.6. The van der Waals surface area contributed by atoms with Crippen LogP contribution in [0.3, 0.4) is 0 Å². The Labute approximate surface area is 151 Å². The number of hydrogen-bond acceptors (Lipinski definition) is 1. The number of nitrogens with zero attached hydrogens (tertiary/aromatic N) is 1. The monoisotopic (exact) mass is 388 g/mol. The molecule has 0 aliphatic carbocycles. The molecule has 0 unspecified atom stereocenters. The molecule has 3 aromatic carbocycles. The summed E-state index contributed by atoms with van der Waals surface area (Å²) in [6.45, 7) is 0. The summed E-state index contributed by atoms with van der Waals surface area (Å²) < 4.78 is 3.15. The fourth-order valence-electron chi connectivity index (χ4n) is 3.56. The number of aromatic nitrogens is 2. The molecule has 4 heteroatoms. The van der Waals surface area contributed by atoms with Gasteiger partial charge in [-0.3, -0.25) is 9.20 Å². The topological polar surface area (TPSA) is 37.3 Å². The molecule has 0 amide bonds. The average Bonchev–Trinajstić information content (AvgIpc) is 2.96. The Bertz CT molecular complexity index is 1320. The summed E-state index contributed by atoms with van der Waals surface area (Å²) in [6, 6.07) is 24.1. The second-order valence-electron chi connectivity index (χ2n) is 6.06. The lowest BCUT2D eigenvalue weighted by Gasteiger charge is -2.05. The molecule has 0 radical (unpaired) electrons. The van der Waals surface area contributed by atoms with Gasteiger partial charge in [0.15, 0.2) is 0 Å². The number of aromatic amines is 1. The van der Waals surface area contributed by atoms with Crippen molar-refractivity contribution in [2.24, 2.45) is 0 Å². The van der Waals surface area contributed by atoms with Crippen LogP contribution < -0.4 is 5.56 Å². The summed E-state index contributed by atoms with van der Waals surface area (Å²) in [5.74, 6) is 0. The molecule has 25 heavy (non-hydrogen) atoms. The third-order valence-electron chi connectivity index (χ3n) is 4.61. The van der Waals surface area contributed by atoms with E-state index in [9.17, 15) is 4.79 Å². The molecule has 0 bridgehead atoms. The number of hydrogen-bond donors (Lipinski definition) is 1. The third-order valence-corrected chi connectivity index (χ3v) is 5.11. The highest BCUT2D eigenvalue weighted by Gasteiger charge is 2.17. The highest BCUT2D eigenvalue weighted by atomic mass is 79.9. The lowest BCUT2D eigenvalue weighted by Crippen LogP contribution is -2.09. The number of fused-ring (bicyclic) bond motifs is 5. The van der Waals surface area contributed by atoms with Crippen molar-refractivity contribution in [3.05, 3.63) is 87.6 Å². The van der Waals surface area contributed by atoms with E-state index in [2.05, 4.69) is 49.6 Å². The van der Waals surface area contributed by atoms with Gasteiger partial charge in [0.1, 0.15) is 5.65 Å². The molecule has 120 valence electrons. The molecule has 0 aliphatic rings. The Kier molecular flexibility index (Phi) is 3.09. The molecule has 0 spiro atoms. The van der Waals surface area contributed by atoms with Crippen molar-refractivity contribution >= 4 is 43.4 Å². The second-order valence-corrected chi connectivity index (χ2v) is 6.97. The number of nitrogens with one attached hydrogen (secondary N) is 1. The Morgan fingerprint density at radius 3 is 2.40 bits per heavy atom. The van der Waals surface area contributed by atoms with Gasteiger partial charge in [-0.15, -0.1) is 0 Å². The van der Waals surface area contributed by atoms with Crippen LogP contribution in [0, 0.1) is 0 Å². The van der Waals surface area contributed by atoms with E-state index in [4.69, 9.17) is 0 Å². The van der Waals surface area contributed by atoms with Gasteiger partial charge >= 0.3 is 0 Å². The van der Waals surface area contributed by atoms with E-state index < -0.39 is 0 Å². The zero-order chi connectivity index (χ0) is 17.0. The molecule has 0 fully saturated rings. The van der Waals surface area contributed by atoms with Crippen LogP contribution in [0.4, 0.5) is 0 Å². The first-order valence-corrected chi connectivity index (χ1v) is 8.83. The van der Waals surface area contributed by atoms with E-state index in [1.807, 2.05) is 48.5 Å². The number of para-hydroxylation sites is 1. The summed E-state index contributed by atoms with van der Waals surface area (Å²) in [4.78, 5) is 15.7. The maximum Gasteiger partial charge on any atom is 0.258 e. The van der Waals surface area contributed by atoms with E-state index in [-0.39, 0.29) is 5.56 Å². The fourth-order valence-corrected chi connectivity index (χ4v) is 3.91. The van der Waals surface area contributed by atoms with Crippen molar-refractivity contribution in [1.82, 2.24) is 9.38 Å². The van der Waals surface area contributed by atoms with Crippen molar-refractivity contribution in [3.63, 3.8) is 0 Å². The van der Waals surface area contributed by atoms with Crippen LogP contribution in [0.1, 0.15) is 0 Å². The van der Waals surface area contributed by atoms with Gasteiger partial charge < -0.3 is 4.98 Å². The second kappa shape index (κ2) is 5.33. The third kappa shape index (κ3) is 2.07. The zero-order valence-electron chi connectivity index (χ0n) is 13.2. The quantitative estimate of drug-likeness (QED) is 0.412. The Balaban J connectivity index is 2.12. The minimum atomic E-state index is -0.0675. The first-order valence-electron chi connectivity index (χ1n) is 8.04. The van der Waals surface area contributed by atoms with Gasteiger partial charge in [0.25, 0.3) is 5.56 Å². The van der Waals surface area contributed by atoms with Crippen LogP contribution >= 0.6 is 15.9 Å². The minimum Gasteiger partial charge on any atom is -0.307 e. The van der Waals surface area contributed by atoms with Crippen LogP contribution in [-0.4, -0.2) is 9.38 Å². The summed E-state index contributed by atoms with van der Waals surface area (Å²) in [7, 11) is 0. The van der Waals surface area contributed by atoms with Gasteiger partial charge in [0.2, 0.25) is 0 Å². The molecule has 0 saturated carbocycles. The average molecular weight is 389 g/mol. The van der Waals surface area contributed by atoms with Gasteiger partial charge in [0, 0.05) is 15.4 Å². The van der Waals surface area contributed by atoms with Crippen molar-refractivity contribution in [2.45, 2.75) is 0 Å². The van der Waals surface area contributed by atoms with Gasteiger partial charge in [-0.1, -0.05) is 64.5 Å². The molecule has 0 aliphatic heterocycles. The number of halogens is 1. The molecule has 5 aromatic rings. The number of rotatable bonds is 1. The van der Waals surface area contributed by atoms with Gasteiger partial charge in [-0.25, -0.2) is 0 Å². The Morgan fingerprint density at radius 2 is 1.56 bits per heavy atom. The van der Waals surface area contributed by atoms with Crippen molar-refractivity contribution in [2.75, 3.05) is 0 Å². The van der Waals surface area contributed by atoms with E-state index in [0.29, 0.717) is 5.39 Å². The Hall–Kier alpha value is -2.85. The van der Waals surface area contributed by atoms with Crippen LogP contribution in [-0.2, 0) is 0 Å². The van der Waals surface area contributed by atoms with E-state index >= 15 is 0 Å². The lowest BCUT2D eigenvalue weighted by atomic mass is 10.0. The predicted molar refractivity (Wildman–Crippen MR) is 106 cm³/mol. The van der Waals surface area contributed by atoms with Crippen LogP contribution in [0.2, 0.25) is 0 Å². The Morgan fingerprint density at radius 1 is 0.800 bits per heavy atom. The first-order chi connectivity index (χ1) is 12.2. The molecule has 0 atom stereocenters. The molecule has 2 heterocycles. The predicted octanol–water partition coefficient (Wildman–Crippen LogP) is 5.36. The summed E-state index contributed by atoms with van der Waals surface area (Å²) >= 11 is 3.58. The molecule has 2 aromatic heterocycles. The number of H-pyrrole nitrogens is 1. The molecular weight excluding hydrogens is 376 g/mol. The van der Waals surface area contributed by atoms with Gasteiger partial charge in [-0.2, -0.15) is 0 Å². The van der Waals surface area contributed by atoms with Crippen molar-refractivity contribution < 1.29 is 0 Å². The molecule has 1 N–H and O–H groups in total. The lowest BCUT2D eigenvalue weighted by molar-refractivity contribution is 1.20. The van der Waals surface area contributed by atoms with Crippen molar-refractivity contribution in [3.8, 4) is 11.1 Å². The summed E-state index contributed by atoms with van der Waals surface area (Å²) in [5.41, 5.74) is 4.86. The number of benzene rings is 3. The molecular formula is C21H13BrN2O. The SMILES string of the molecule is O=c1[nH]c2c(-c3ccccc3)c3ccc(Br)cc3n2c2ccccc12. The van der Waals surface area contributed by atoms with Gasteiger partial charge in [-0.05, 0) is 29.8 Å². The summed E-state index contributed by atoms with van der Waals surface area (Å²) in [5, 5.41) is 1.80. The maximum atomic E-state index is 12.6. The van der Waals surface area contributed by atoms with Crippen molar-refractivity contribution in [1.29, 1.82) is 0 Å². The molecule has 0 saturated heterocycles. The first kappa shape index (κ1) is 14.5. The largest absolute Gasteiger partial charge is 0.307 e. The zero-order valence-corrected chi connectivity index (χ0v) is 14.7. The van der Waals surface area contributed by atoms with Crippen LogP contribution in [0.25, 0.3) is 38.6 Å².